The van der Waals surface area contributed by atoms with Crippen LogP contribution in [-0.2, 0) is 0 Å². The molecular weight excluding hydrogens is 372 g/mol. The molecule has 0 bridgehead atoms. The van der Waals surface area contributed by atoms with E-state index in [-0.39, 0.29) is 23.9 Å². The van der Waals surface area contributed by atoms with Crippen molar-refractivity contribution in [3.05, 3.63) is 71.8 Å². The molecule has 162 valence electrons. The van der Waals surface area contributed by atoms with Crippen LogP contribution in [0.1, 0.15) is 62.7 Å². The first-order valence-corrected chi connectivity index (χ1v) is 11.4. The second kappa shape index (κ2) is 8.80. The van der Waals surface area contributed by atoms with Crippen LogP contribution in [-0.4, -0.2) is 34.5 Å². The summed E-state index contributed by atoms with van der Waals surface area (Å²) >= 11 is 0. The van der Waals surface area contributed by atoms with Gasteiger partial charge in [-0.05, 0) is 62.5 Å². The molecule has 4 rings (SSSR count). The predicted molar refractivity (Wildman–Crippen MR) is 121 cm³/mol. The first-order valence-electron chi connectivity index (χ1n) is 11.4. The van der Waals surface area contributed by atoms with Gasteiger partial charge in [0.2, 0.25) is 0 Å². The molecule has 6 atom stereocenters. The molecule has 4 heteroatoms. The van der Waals surface area contributed by atoms with Crippen LogP contribution in [0.15, 0.2) is 60.7 Å². The summed E-state index contributed by atoms with van der Waals surface area (Å²) in [6.07, 6.45) is 3.29. The van der Waals surface area contributed by atoms with Crippen molar-refractivity contribution in [1.82, 2.24) is 10.6 Å². The first-order chi connectivity index (χ1) is 14.4. The summed E-state index contributed by atoms with van der Waals surface area (Å²) in [4.78, 5) is 0. The quantitative estimate of drug-likeness (QED) is 0.534. The molecule has 2 fully saturated rings. The fourth-order valence-corrected chi connectivity index (χ4v) is 5.69. The summed E-state index contributed by atoms with van der Waals surface area (Å²) in [5.41, 5.74) is 1.00. The second-order valence-corrected chi connectivity index (χ2v) is 9.52. The van der Waals surface area contributed by atoms with Crippen molar-refractivity contribution in [3.63, 3.8) is 0 Å². The molecule has 0 heterocycles. The van der Waals surface area contributed by atoms with Crippen molar-refractivity contribution in [2.24, 2.45) is 11.8 Å². The Hall–Kier alpha value is -1.72. The smallest absolute Gasteiger partial charge is 0.0803 e. The van der Waals surface area contributed by atoms with Crippen LogP contribution in [0.2, 0.25) is 0 Å². The average molecular weight is 409 g/mol. The molecule has 2 aromatic rings. The molecule has 4 nitrogen and oxygen atoms in total. The summed E-state index contributed by atoms with van der Waals surface area (Å²) in [5, 5.41) is 30.0. The Bertz CT molecular complexity index is 745. The van der Waals surface area contributed by atoms with E-state index in [2.05, 4.69) is 48.7 Å². The van der Waals surface area contributed by atoms with E-state index >= 15 is 0 Å². The second-order valence-electron chi connectivity index (χ2n) is 9.52. The Balaban J connectivity index is 1.35. The van der Waals surface area contributed by atoms with E-state index in [1.54, 1.807) is 0 Å². The highest BCUT2D eigenvalue weighted by Crippen LogP contribution is 2.54. The zero-order valence-corrected chi connectivity index (χ0v) is 18.2. The van der Waals surface area contributed by atoms with E-state index in [0.29, 0.717) is 13.1 Å². The zero-order valence-electron chi connectivity index (χ0n) is 18.2. The Morgan fingerprint density at radius 3 is 1.47 bits per heavy atom. The van der Waals surface area contributed by atoms with E-state index < -0.39 is 11.2 Å². The number of aliphatic hydroxyl groups is 2. The molecule has 2 aliphatic rings. The molecule has 0 aromatic heterocycles. The zero-order chi connectivity index (χ0) is 21.2. The Labute approximate surface area is 180 Å². The highest BCUT2D eigenvalue weighted by atomic mass is 16.3. The van der Waals surface area contributed by atoms with Crippen LogP contribution in [0.3, 0.4) is 0 Å². The number of hydrogen-bond acceptors (Lipinski definition) is 4. The normalized spacial score (nSPS) is 32.7. The van der Waals surface area contributed by atoms with Gasteiger partial charge in [-0.25, -0.2) is 0 Å². The maximum absolute atomic E-state index is 11.5. The number of nitrogens with one attached hydrogen (secondary N) is 2. The molecule has 0 spiro atoms. The van der Waals surface area contributed by atoms with Gasteiger partial charge in [0.25, 0.3) is 0 Å². The molecule has 0 amide bonds. The van der Waals surface area contributed by atoms with Crippen molar-refractivity contribution in [2.45, 2.75) is 62.8 Å². The topological polar surface area (TPSA) is 64.5 Å². The van der Waals surface area contributed by atoms with Gasteiger partial charge in [-0.1, -0.05) is 60.7 Å². The molecule has 0 radical (unpaired) electrons. The van der Waals surface area contributed by atoms with E-state index in [1.165, 1.54) is 11.1 Å². The van der Waals surface area contributed by atoms with E-state index in [9.17, 15) is 10.2 Å². The highest BCUT2D eigenvalue weighted by Gasteiger charge is 2.58. The average Bonchev–Trinajstić information content (AvgIpc) is 3.30. The summed E-state index contributed by atoms with van der Waals surface area (Å²) in [6, 6.07) is 21.1. The highest BCUT2D eigenvalue weighted by molar-refractivity contribution is 5.20. The predicted octanol–water partition coefficient (Wildman–Crippen LogP) is 3.97. The minimum atomic E-state index is -0.733. The summed E-state index contributed by atoms with van der Waals surface area (Å²) in [6.45, 7) is 5.44. The fraction of sp³-hybridized carbons (Fsp3) is 0.538. The standard InChI is InChI=1S/C26H36N2O2/c1-19(21-9-5-3-6-10-21)27-17-25(29)15-13-24-23(25)14-16-26(24,30)18-28-20(2)22-11-7-4-8-12-22/h3-12,19-20,23-24,27-30H,13-18H2,1-2H3/t19-,20-,23+,24+,25-,26-/m0/s1. The summed E-state index contributed by atoms with van der Waals surface area (Å²) in [5.74, 6) is 0.318. The third-order valence-electron chi connectivity index (χ3n) is 7.67. The van der Waals surface area contributed by atoms with Gasteiger partial charge in [-0.15, -0.1) is 0 Å². The monoisotopic (exact) mass is 408 g/mol. The molecule has 0 aliphatic heterocycles. The molecule has 30 heavy (non-hydrogen) atoms. The van der Waals surface area contributed by atoms with Gasteiger partial charge < -0.3 is 20.8 Å². The minimum Gasteiger partial charge on any atom is -0.388 e. The van der Waals surface area contributed by atoms with Crippen LogP contribution in [0.25, 0.3) is 0 Å². The minimum absolute atomic E-state index is 0.159. The van der Waals surface area contributed by atoms with Gasteiger partial charge >= 0.3 is 0 Å². The number of fused-ring (bicyclic) bond motifs is 1. The SMILES string of the molecule is C[C@H](NC[C@@]1(O)CC[C@@H]2[C@H]1CC[C@]2(O)CN[C@@H](C)c1ccccc1)c1ccccc1. The first kappa shape index (κ1) is 21.5. The summed E-state index contributed by atoms with van der Waals surface area (Å²) < 4.78 is 0. The van der Waals surface area contributed by atoms with Gasteiger partial charge in [0, 0.05) is 25.2 Å². The molecule has 2 saturated carbocycles. The van der Waals surface area contributed by atoms with Gasteiger partial charge in [0.1, 0.15) is 0 Å². The van der Waals surface area contributed by atoms with Crippen molar-refractivity contribution in [2.75, 3.05) is 13.1 Å². The van der Waals surface area contributed by atoms with Crippen LogP contribution >= 0.6 is 0 Å². The van der Waals surface area contributed by atoms with E-state index in [1.807, 2.05) is 36.4 Å². The Kier molecular flexibility index (Phi) is 6.31. The van der Waals surface area contributed by atoms with Gasteiger partial charge in [-0.3, -0.25) is 0 Å². The number of rotatable bonds is 8. The van der Waals surface area contributed by atoms with Crippen molar-refractivity contribution in [3.8, 4) is 0 Å². The summed E-state index contributed by atoms with van der Waals surface area (Å²) in [7, 11) is 0. The number of benzene rings is 2. The maximum atomic E-state index is 11.5. The Morgan fingerprint density at radius 1 is 0.733 bits per heavy atom. The largest absolute Gasteiger partial charge is 0.388 e. The van der Waals surface area contributed by atoms with Crippen molar-refractivity contribution < 1.29 is 10.2 Å². The van der Waals surface area contributed by atoms with Crippen LogP contribution < -0.4 is 10.6 Å². The third-order valence-corrected chi connectivity index (χ3v) is 7.67. The van der Waals surface area contributed by atoms with Crippen LogP contribution in [0, 0.1) is 11.8 Å². The molecule has 0 unspecified atom stereocenters. The van der Waals surface area contributed by atoms with Gasteiger partial charge in [0.05, 0.1) is 11.2 Å². The lowest BCUT2D eigenvalue weighted by Gasteiger charge is -2.34. The van der Waals surface area contributed by atoms with E-state index in [4.69, 9.17) is 0 Å². The fourth-order valence-electron chi connectivity index (χ4n) is 5.69. The molecule has 2 aromatic carbocycles. The Morgan fingerprint density at radius 2 is 1.10 bits per heavy atom. The van der Waals surface area contributed by atoms with Crippen molar-refractivity contribution >= 4 is 0 Å². The van der Waals surface area contributed by atoms with Crippen LogP contribution in [0.4, 0.5) is 0 Å². The third kappa shape index (κ3) is 4.33. The lowest BCUT2D eigenvalue weighted by molar-refractivity contribution is -0.0300. The van der Waals surface area contributed by atoms with Crippen molar-refractivity contribution in [1.29, 1.82) is 0 Å². The van der Waals surface area contributed by atoms with E-state index in [0.717, 1.165) is 25.7 Å². The molecule has 4 N–H and O–H groups in total. The van der Waals surface area contributed by atoms with Gasteiger partial charge in [0.15, 0.2) is 0 Å². The lowest BCUT2D eigenvalue weighted by Crippen LogP contribution is -2.48. The molecule has 0 saturated heterocycles. The molecular formula is C26H36N2O2. The van der Waals surface area contributed by atoms with Gasteiger partial charge in [-0.2, -0.15) is 0 Å². The number of hydrogen-bond donors (Lipinski definition) is 4. The maximum Gasteiger partial charge on any atom is 0.0803 e. The van der Waals surface area contributed by atoms with Crippen LogP contribution in [0.5, 0.6) is 0 Å². The molecule has 2 aliphatic carbocycles. The lowest BCUT2D eigenvalue weighted by atomic mass is 9.83.